The lowest BCUT2D eigenvalue weighted by Gasteiger charge is -2.43. The molecule has 1 N–H and O–H groups in total. The van der Waals surface area contributed by atoms with E-state index in [4.69, 9.17) is 0 Å². The van der Waals surface area contributed by atoms with Gasteiger partial charge in [0.15, 0.2) is 0 Å². The maximum absolute atomic E-state index is 14.3. The summed E-state index contributed by atoms with van der Waals surface area (Å²) in [6.45, 7) is -0.0265. The van der Waals surface area contributed by atoms with Gasteiger partial charge in [-0.3, -0.25) is 9.69 Å². The number of hydrogen-bond acceptors (Lipinski definition) is 3. The minimum absolute atomic E-state index is 0.156. The van der Waals surface area contributed by atoms with Crippen LogP contribution in [0.25, 0.3) is 16.6 Å². The Bertz CT molecular complexity index is 1270. The van der Waals surface area contributed by atoms with Gasteiger partial charge < -0.3 is 10.2 Å². The van der Waals surface area contributed by atoms with Gasteiger partial charge >= 0.3 is 12.2 Å². The van der Waals surface area contributed by atoms with E-state index >= 15 is 0 Å². The molecule has 2 aliphatic rings. The SMILES string of the molecule is O=C(CN1CCN(c2cccc3c2cnn3-c2ccccc2F)C1=O)NC1(C(F)(F)F)CCC1. The Balaban J connectivity index is 1.35. The van der Waals surface area contributed by atoms with Crippen LogP contribution in [-0.2, 0) is 4.79 Å². The summed E-state index contributed by atoms with van der Waals surface area (Å²) >= 11 is 0. The number of aromatic nitrogens is 2. The number of fused-ring (bicyclic) bond motifs is 1. The van der Waals surface area contributed by atoms with E-state index in [2.05, 4.69) is 10.4 Å². The Morgan fingerprint density at radius 3 is 2.47 bits per heavy atom. The molecule has 2 heterocycles. The van der Waals surface area contributed by atoms with Crippen molar-refractivity contribution in [1.29, 1.82) is 0 Å². The number of amides is 3. The third kappa shape index (κ3) is 3.55. The fraction of sp³-hybridized carbons (Fsp3) is 0.348. The van der Waals surface area contributed by atoms with Crippen LogP contribution in [0.1, 0.15) is 19.3 Å². The second-order valence-electron chi connectivity index (χ2n) is 8.56. The summed E-state index contributed by atoms with van der Waals surface area (Å²) in [4.78, 5) is 28.1. The first-order valence-corrected chi connectivity index (χ1v) is 10.9. The number of nitrogens with one attached hydrogen (secondary N) is 1. The molecule has 11 heteroatoms. The molecule has 1 aliphatic heterocycles. The summed E-state index contributed by atoms with van der Waals surface area (Å²) < 4.78 is 55.8. The Morgan fingerprint density at radius 1 is 1.06 bits per heavy atom. The number of alkyl halides is 3. The van der Waals surface area contributed by atoms with E-state index in [-0.39, 0.29) is 31.6 Å². The molecule has 178 valence electrons. The van der Waals surface area contributed by atoms with Crippen molar-refractivity contribution in [3.05, 3.63) is 54.5 Å². The van der Waals surface area contributed by atoms with Crippen LogP contribution in [0.3, 0.4) is 0 Å². The van der Waals surface area contributed by atoms with Crippen molar-refractivity contribution in [3.63, 3.8) is 0 Å². The summed E-state index contributed by atoms with van der Waals surface area (Å²) in [7, 11) is 0. The van der Waals surface area contributed by atoms with Crippen LogP contribution in [0.4, 0.5) is 28.0 Å². The third-order valence-corrected chi connectivity index (χ3v) is 6.52. The van der Waals surface area contributed by atoms with Crippen LogP contribution in [0.15, 0.2) is 48.7 Å². The van der Waals surface area contributed by atoms with Gasteiger partial charge in [-0.1, -0.05) is 18.2 Å². The Hall–Kier alpha value is -3.63. The van der Waals surface area contributed by atoms with Crippen LogP contribution < -0.4 is 10.2 Å². The minimum atomic E-state index is -4.53. The van der Waals surface area contributed by atoms with Crippen molar-refractivity contribution in [2.24, 2.45) is 0 Å². The van der Waals surface area contributed by atoms with E-state index in [1.807, 2.05) is 0 Å². The van der Waals surface area contributed by atoms with Gasteiger partial charge in [0.2, 0.25) is 5.91 Å². The van der Waals surface area contributed by atoms with Crippen molar-refractivity contribution in [3.8, 4) is 5.69 Å². The molecule has 1 saturated heterocycles. The van der Waals surface area contributed by atoms with Gasteiger partial charge in [0, 0.05) is 18.5 Å². The molecule has 0 spiro atoms. The van der Waals surface area contributed by atoms with Crippen molar-refractivity contribution in [1.82, 2.24) is 20.0 Å². The van der Waals surface area contributed by atoms with Crippen LogP contribution in [0, 0.1) is 5.82 Å². The lowest BCUT2D eigenvalue weighted by Crippen LogP contribution is -2.64. The summed E-state index contributed by atoms with van der Waals surface area (Å²) in [6.07, 6.45) is -2.92. The highest BCUT2D eigenvalue weighted by Crippen LogP contribution is 2.45. The molecule has 2 aromatic carbocycles. The molecule has 34 heavy (non-hydrogen) atoms. The molecule has 0 unspecified atom stereocenters. The van der Waals surface area contributed by atoms with Crippen molar-refractivity contribution in [2.45, 2.75) is 31.0 Å². The number of nitrogens with zero attached hydrogens (tertiary/aromatic N) is 4. The predicted octanol–water partition coefficient (Wildman–Crippen LogP) is 4.01. The van der Waals surface area contributed by atoms with Crippen molar-refractivity contribution >= 4 is 28.5 Å². The van der Waals surface area contributed by atoms with Gasteiger partial charge in [0.25, 0.3) is 0 Å². The molecule has 1 saturated carbocycles. The molecule has 0 atom stereocenters. The van der Waals surface area contributed by atoms with Crippen molar-refractivity contribution in [2.75, 3.05) is 24.5 Å². The molecular weight excluding hydrogens is 454 g/mol. The Kier molecular flexibility index (Phi) is 5.22. The lowest BCUT2D eigenvalue weighted by atomic mass is 9.76. The van der Waals surface area contributed by atoms with E-state index in [1.165, 1.54) is 26.7 Å². The molecule has 1 aliphatic carbocycles. The number of urea groups is 1. The highest BCUT2D eigenvalue weighted by molar-refractivity contribution is 6.04. The fourth-order valence-electron chi connectivity index (χ4n) is 4.53. The van der Waals surface area contributed by atoms with Crippen molar-refractivity contribution < 1.29 is 27.2 Å². The van der Waals surface area contributed by atoms with Crippen LogP contribution in [-0.4, -0.2) is 58.0 Å². The maximum Gasteiger partial charge on any atom is 0.411 e. The minimum Gasteiger partial charge on any atom is -0.340 e. The topological polar surface area (TPSA) is 70.5 Å². The highest BCUT2D eigenvalue weighted by Gasteiger charge is 2.59. The number of rotatable bonds is 5. The third-order valence-electron chi connectivity index (χ3n) is 6.52. The Morgan fingerprint density at radius 2 is 1.79 bits per heavy atom. The van der Waals surface area contributed by atoms with E-state index in [0.717, 1.165) is 0 Å². The van der Waals surface area contributed by atoms with Gasteiger partial charge in [-0.05, 0) is 43.5 Å². The summed E-state index contributed by atoms with van der Waals surface area (Å²) in [5.41, 5.74) is -0.822. The standard InChI is InChI=1S/C23H21F4N5O2/c24-16-5-1-2-6-19(16)32-18-8-3-7-17(15(18)13-28-32)31-12-11-30(21(31)34)14-20(33)29-22(9-4-10-22)23(25,26)27/h1-3,5-8,13H,4,9-12,14H2,(H,29,33). The summed E-state index contributed by atoms with van der Waals surface area (Å²) in [5.74, 6) is -1.28. The maximum atomic E-state index is 14.3. The zero-order valence-electron chi connectivity index (χ0n) is 18.0. The first-order chi connectivity index (χ1) is 16.2. The van der Waals surface area contributed by atoms with Gasteiger partial charge in [-0.15, -0.1) is 0 Å². The molecule has 7 nitrogen and oxygen atoms in total. The molecule has 0 bridgehead atoms. The van der Waals surface area contributed by atoms with Crippen LogP contribution >= 0.6 is 0 Å². The molecule has 3 aromatic rings. The van der Waals surface area contributed by atoms with E-state index < -0.39 is 36.0 Å². The molecule has 0 radical (unpaired) electrons. The van der Waals surface area contributed by atoms with E-state index in [9.17, 15) is 27.2 Å². The lowest BCUT2D eigenvalue weighted by molar-refractivity contribution is -0.219. The van der Waals surface area contributed by atoms with Gasteiger partial charge in [-0.25, -0.2) is 13.9 Å². The summed E-state index contributed by atoms with van der Waals surface area (Å²) in [6, 6.07) is 10.9. The monoisotopic (exact) mass is 475 g/mol. The zero-order chi connectivity index (χ0) is 24.1. The molecule has 5 rings (SSSR count). The first-order valence-electron chi connectivity index (χ1n) is 10.9. The van der Waals surface area contributed by atoms with Crippen LogP contribution in [0.5, 0.6) is 0 Å². The zero-order valence-corrected chi connectivity index (χ0v) is 18.0. The molecule has 1 aromatic heterocycles. The van der Waals surface area contributed by atoms with Gasteiger partial charge in [-0.2, -0.15) is 18.3 Å². The average molecular weight is 475 g/mol. The number of carbonyl (C=O) groups excluding carboxylic acids is 2. The molecular formula is C23H21F4N5O2. The van der Waals surface area contributed by atoms with Gasteiger partial charge in [0.1, 0.15) is 23.6 Å². The second kappa shape index (κ2) is 8.00. The smallest absolute Gasteiger partial charge is 0.340 e. The number of hydrogen-bond donors (Lipinski definition) is 1. The fourth-order valence-corrected chi connectivity index (χ4v) is 4.53. The predicted molar refractivity (Wildman–Crippen MR) is 116 cm³/mol. The largest absolute Gasteiger partial charge is 0.411 e. The van der Waals surface area contributed by atoms with E-state index in [1.54, 1.807) is 36.4 Å². The number of carbonyl (C=O) groups is 2. The Labute approximate surface area is 191 Å². The van der Waals surface area contributed by atoms with Gasteiger partial charge in [0.05, 0.1) is 17.4 Å². The number of para-hydroxylation sites is 1. The number of benzene rings is 2. The highest BCUT2D eigenvalue weighted by atomic mass is 19.4. The number of anilines is 1. The average Bonchev–Trinajstić information content (AvgIpc) is 3.34. The second-order valence-corrected chi connectivity index (χ2v) is 8.56. The first kappa shape index (κ1) is 22.2. The van der Waals surface area contributed by atoms with E-state index in [0.29, 0.717) is 23.0 Å². The normalized spacial score (nSPS) is 17.8. The number of halogens is 4. The quantitative estimate of drug-likeness (QED) is 0.567. The van der Waals surface area contributed by atoms with Crippen LogP contribution in [0.2, 0.25) is 0 Å². The summed E-state index contributed by atoms with van der Waals surface area (Å²) in [5, 5.41) is 6.99. The molecule has 3 amide bonds. The molecule has 2 fully saturated rings.